The molecule has 1 N–H and O–H groups in total. The maximum absolute atomic E-state index is 12.5. The minimum Gasteiger partial charge on any atom is -0.453 e. The van der Waals surface area contributed by atoms with Crippen molar-refractivity contribution in [3.05, 3.63) is 47.8 Å². The molecule has 4 aliphatic carbocycles. The fourth-order valence-electron chi connectivity index (χ4n) is 7.75. The second kappa shape index (κ2) is 8.15. The number of nitrogens with one attached hydrogen (secondary N) is 1. The Balaban J connectivity index is 1.32. The van der Waals surface area contributed by atoms with Crippen molar-refractivity contribution in [1.29, 1.82) is 5.41 Å². The quantitative estimate of drug-likeness (QED) is 0.204. The molecular weight excluding hydrogens is 422 g/mol. The summed E-state index contributed by atoms with van der Waals surface area (Å²) in [6.07, 6.45) is 16.4. The number of hydrogen-bond donors (Lipinski definition) is 1. The van der Waals surface area contributed by atoms with Crippen molar-refractivity contribution in [2.75, 3.05) is 21.1 Å². The first kappa shape index (κ1) is 23.5. The van der Waals surface area contributed by atoms with Gasteiger partial charge in [-0.2, -0.15) is 0 Å². The van der Waals surface area contributed by atoms with Crippen molar-refractivity contribution >= 4 is 17.4 Å². The lowest BCUT2D eigenvalue weighted by Gasteiger charge is -2.57. The van der Waals surface area contributed by atoms with Gasteiger partial charge in [-0.15, -0.1) is 0 Å². The van der Waals surface area contributed by atoms with Crippen molar-refractivity contribution in [2.45, 2.75) is 64.9 Å². The summed E-state index contributed by atoms with van der Waals surface area (Å²) in [5.41, 5.74) is 4.75. The molecule has 0 aromatic carbocycles. The van der Waals surface area contributed by atoms with Crippen LogP contribution in [0, 0.1) is 34.0 Å². The number of aromatic nitrogens is 1. The summed E-state index contributed by atoms with van der Waals surface area (Å²) in [7, 11) is 5.50. The number of allylic oxidation sites excluding steroid dienone is 3. The van der Waals surface area contributed by atoms with Gasteiger partial charge in [0.2, 0.25) is 0 Å². The van der Waals surface area contributed by atoms with Crippen LogP contribution in [0.5, 0.6) is 0 Å². The van der Waals surface area contributed by atoms with E-state index >= 15 is 0 Å². The van der Waals surface area contributed by atoms with E-state index in [1.54, 1.807) is 0 Å². The Hall–Kier alpha value is -2.27. The maximum Gasteiger partial charge on any atom is 0.413 e. The van der Waals surface area contributed by atoms with Crippen LogP contribution >= 0.6 is 0 Å². The number of likely N-dealkylation sites (N-methyl/N-ethyl adjacent to an activating group) is 1. The number of nitrogens with zero attached hydrogens (tertiary/aromatic N) is 2. The van der Waals surface area contributed by atoms with Crippen LogP contribution < -0.4 is 0 Å². The zero-order valence-corrected chi connectivity index (χ0v) is 21.4. The molecule has 0 radical (unpaired) electrons. The van der Waals surface area contributed by atoms with Gasteiger partial charge >= 0.3 is 11.8 Å². The third kappa shape index (κ3) is 3.67. The molecule has 1 heterocycles. The van der Waals surface area contributed by atoms with Gasteiger partial charge < -0.3 is 4.74 Å². The molecule has 5 rings (SSSR count). The largest absolute Gasteiger partial charge is 0.453 e. The van der Waals surface area contributed by atoms with E-state index in [0.29, 0.717) is 17.8 Å². The second-order valence-corrected chi connectivity index (χ2v) is 12.4. The Kier molecular flexibility index (Phi) is 5.63. The minimum absolute atomic E-state index is 0.00995. The molecule has 182 valence electrons. The number of esters is 1. The number of carbonyl (C=O) groups excluding carboxylic acids is 1. The Morgan fingerprint density at radius 1 is 1.09 bits per heavy atom. The molecule has 5 heteroatoms. The summed E-state index contributed by atoms with van der Waals surface area (Å²) < 4.78 is 6.01. The Labute approximate surface area is 204 Å². The smallest absolute Gasteiger partial charge is 0.413 e. The van der Waals surface area contributed by atoms with E-state index in [1.165, 1.54) is 36.0 Å². The van der Waals surface area contributed by atoms with Crippen molar-refractivity contribution in [3.8, 4) is 0 Å². The first-order valence-corrected chi connectivity index (χ1v) is 13.0. The van der Waals surface area contributed by atoms with E-state index in [-0.39, 0.29) is 27.3 Å². The molecular formula is C29H40N3O2+. The van der Waals surface area contributed by atoms with Crippen LogP contribution in [0.15, 0.2) is 42.3 Å². The number of carbonyl (C=O) groups is 1. The van der Waals surface area contributed by atoms with Gasteiger partial charge in [0.05, 0.1) is 21.1 Å². The first-order valence-electron chi connectivity index (χ1n) is 13.0. The normalized spacial score (nSPS) is 37.0. The predicted octanol–water partition coefficient (Wildman–Crippen LogP) is 5.63. The fraction of sp³-hybridized carbons (Fsp3) is 0.621. The molecule has 2 saturated carbocycles. The average molecular weight is 463 g/mol. The van der Waals surface area contributed by atoms with E-state index in [4.69, 9.17) is 10.1 Å². The van der Waals surface area contributed by atoms with Crippen molar-refractivity contribution in [2.24, 2.45) is 28.6 Å². The number of fused-ring (bicyclic) bond motifs is 5. The van der Waals surface area contributed by atoms with E-state index in [0.717, 1.165) is 25.7 Å². The molecule has 4 aliphatic rings. The van der Waals surface area contributed by atoms with Gasteiger partial charge in [0.25, 0.3) is 0 Å². The number of rotatable bonds is 2. The Morgan fingerprint density at radius 2 is 1.85 bits per heavy atom. The molecule has 3 unspecified atom stereocenters. The van der Waals surface area contributed by atoms with Crippen LogP contribution in [-0.4, -0.2) is 48.5 Å². The van der Waals surface area contributed by atoms with E-state index in [9.17, 15) is 4.79 Å². The predicted molar refractivity (Wildman–Crippen MR) is 135 cm³/mol. The van der Waals surface area contributed by atoms with Crippen molar-refractivity contribution in [1.82, 2.24) is 4.98 Å². The summed E-state index contributed by atoms with van der Waals surface area (Å²) in [5.74, 6) is 1.65. The summed E-state index contributed by atoms with van der Waals surface area (Å²) in [5, 5.41) is 8.15. The molecule has 0 bridgehead atoms. The maximum atomic E-state index is 12.5. The highest BCUT2D eigenvalue weighted by molar-refractivity contribution is 6.30. The standard InChI is InChI=1S/C29H40N3O2/c1-28-14-12-21(34-27(33)26(30)32(3,4)5)17-20(28)8-9-22-24-11-10-23(19-7-6-16-31-18-19)29(24,2)15-13-25(22)28/h6-8,10,16,18,21-22,24-25,30H,9,11-15,17H2,1-5H3/q+1/t21-,22?,24?,25?,28-,29+/m0/s1. The van der Waals surface area contributed by atoms with Gasteiger partial charge in [0.15, 0.2) is 0 Å². The Bertz CT molecular complexity index is 1050. The molecule has 1 aromatic rings. The van der Waals surface area contributed by atoms with Crippen LogP contribution in [0.4, 0.5) is 0 Å². The number of hydrogen-bond acceptors (Lipinski definition) is 4. The van der Waals surface area contributed by atoms with Crippen LogP contribution in [0.3, 0.4) is 0 Å². The highest BCUT2D eigenvalue weighted by Gasteiger charge is 2.57. The van der Waals surface area contributed by atoms with Gasteiger partial charge in [-0.05, 0) is 84.3 Å². The molecule has 6 atom stereocenters. The minimum atomic E-state index is -0.469. The van der Waals surface area contributed by atoms with Crippen LogP contribution in [0.2, 0.25) is 0 Å². The third-order valence-electron chi connectivity index (χ3n) is 9.75. The third-order valence-corrected chi connectivity index (χ3v) is 9.75. The zero-order valence-electron chi connectivity index (χ0n) is 21.4. The number of amidine groups is 1. The number of pyridine rings is 1. The van der Waals surface area contributed by atoms with Crippen LogP contribution in [0.25, 0.3) is 5.57 Å². The van der Waals surface area contributed by atoms with Gasteiger partial charge in [0, 0.05) is 18.8 Å². The molecule has 34 heavy (non-hydrogen) atoms. The lowest BCUT2D eigenvalue weighted by Crippen LogP contribution is -2.50. The van der Waals surface area contributed by atoms with Crippen molar-refractivity contribution < 1.29 is 14.0 Å². The monoisotopic (exact) mass is 462 g/mol. The second-order valence-electron chi connectivity index (χ2n) is 12.4. The van der Waals surface area contributed by atoms with Gasteiger partial charge in [-0.3, -0.25) is 9.47 Å². The first-order chi connectivity index (χ1) is 16.0. The van der Waals surface area contributed by atoms with Crippen LogP contribution in [0.1, 0.15) is 64.4 Å². The molecule has 0 saturated heterocycles. The zero-order chi connectivity index (χ0) is 24.3. The van der Waals surface area contributed by atoms with Gasteiger partial charge in [-0.1, -0.05) is 37.6 Å². The van der Waals surface area contributed by atoms with Crippen molar-refractivity contribution in [3.63, 3.8) is 0 Å². The summed E-state index contributed by atoms with van der Waals surface area (Å²) in [6.45, 7) is 4.98. The average Bonchev–Trinajstić information content (AvgIpc) is 3.16. The highest BCUT2D eigenvalue weighted by Crippen LogP contribution is 2.66. The Morgan fingerprint density at radius 3 is 2.56 bits per heavy atom. The number of quaternary nitrogens is 1. The van der Waals surface area contributed by atoms with E-state index in [2.05, 4.69) is 43.1 Å². The molecule has 0 amide bonds. The summed E-state index contributed by atoms with van der Waals surface area (Å²) >= 11 is 0. The molecule has 0 spiro atoms. The highest BCUT2D eigenvalue weighted by atomic mass is 16.5. The van der Waals surface area contributed by atoms with Gasteiger partial charge in [-0.25, -0.2) is 10.2 Å². The fourth-order valence-corrected chi connectivity index (χ4v) is 7.75. The summed E-state index contributed by atoms with van der Waals surface area (Å²) in [6, 6.07) is 4.28. The van der Waals surface area contributed by atoms with Crippen LogP contribution in [-0.2, 0) is 9.53 Å². The number of ether oxygens (including phenoxy) is 1. The van der Waals surface area contributed by atoms with E-state index in [1.807, 2.05) is 33.5 Å². The lowest BCUT2D eigenvalue weighted by atomic mass is 9.47. The van der Waals surface area contributed by atoms with Gasteiger partial charge in [0.1, 0.15) is 6.10 Å². The topological polar surface area (TPSA) is 63.0 Å². The SMILES string of the molecule is C[C@]12CC[C@H](OC(=O)C(=N)[N+](C)(C)C)CC1=CCC1C2CC[C@]2(C)C(c3cccnc3)=CCC12. The molecule has 2 fully saturated rings. The molecule has 5 nitrogen and oxygen atoms in total. The lowest BCUT2D eigenvalue weighted by molar-refractivity contribution is -0.776. The molecule has 1 aromatic heterocycles. The summed E-state index contributed by atoms with van der Waals surface area (Å²) in [4.78, 5) is 16.9. The van der Waals surface area contributed by atoms with E-state index < -0.39 is 5.97 Å². The molecule has 0 aliphatic heterocycles.